The Bertz CT molecular complexity index is 804. The molecule has 1 saturated carbocycles. The van der Waals surface area contributed by atoms with Gasteiger partial charge in [-0.3, -0.25) is 0 Å². The second-order valence-corrected chi connectivity index (χ2v) is 8.08. The first kappa shape index (κ1) is 16.5. The number of fused-ring (bicyclic) bond motifs is 2. The monoisotopic (exact) mass is 342 g/mol. The van der Waals surface area contributed by atoms with Crippen LogP contribution in [-0.2, 0) is 0 Å². The van der Waals surface area contributed by atoms with Crippen molar-refractivity contribution >= 4 is 5.71 Å². The number of aliphatic imine (C=N–C) groups is 1. The van der Waals surface area contributed by atoms with E-state index in [2.05, 4.69) is 30.9 Å². The lowest BCUT2D eigenvalue weighted by Gasteiger charge is -2.33. The molecular formula is C21H24F2N2. The van der Waals surface area contributed by atoms with Crippen LogP contribution in [0, 0.1) is 5.41 Å². The van der Waals surface area contributed by atoms with E-state index >= 15 is 0 Å². The number of hydrogen-bond donors (Lipinski definition) is 0. The molecule has 2 nitrogen and oxygen atoms in total. The Balaban J connectivity index is 1.83. The van der Waals surface area contributed by atoms with E-state index in [1.54, 1.807) is 13.8 Å². The van der Waals surface area contributed by atoms with Crippen molar-refractivity contribution in [2.75, 3.05) is 0 Å². The zero-order valence-corrected chi connectivity index (χ0v) is 15.2. The highest BCUT2D eigenvalue weighted by atomic mass is 19.3. The maximum absolute atomic E-state index is 14.5. The Morgan fingerprint density at radius 2 is 2.00 bits per heavy atom. The Kier molecular flexibility index (Phi) is 3.47. The standard InChI is InChI=1S/C21H24F2N2/c1-13(2)25-18-10-15-12-21(22,23)20(3,4)16(15)11-17(18)24-19(25)14-8-6-5-7-9-14/h5-8,10-11,13,18H,9,12H2,1-4H3. The maximum Gasteiger partial charge on any atom is 0.261 e. The molecule has 0 aromatic heterocycles. The van der Waals surface area contributed by atoms with Gasteiger partial charge in [-0.2, -0.15) is 0 Å². The van der Waals surface area contributed by atoms with Gasteiger partial charge in [0.25, 0.3) is 5.92 Å². The summed E-state index contributed by atoms with van der Waals surface area (Å²) in [5.74, 6) is -1.72. The van der Waals surface area contributed by atoms with Crippen LogP contribution in [0.1, 0.15) is 40.5 Å². The van der Waals surface area contributed by atoms with Crippen molar-refractivity contribution in [3.63, 3.8) is 0 Å². The van der Waals surface area contributed by atoms with Crippen LogP contribution >= 0.6 is 0 Å². The predicted octanol–water partition coefficient (Wildman–Crippen LogP) is 5.18. The molecule has 0 saturated heterocycles. The van der Waals surface area contributed by atoms with Crippen molar-refractivity contribution in [2.45, 2.75) is 58.5 Å². The Morgan fingerprint density at radius 3 is 2.64 bits per heavy atom. The summed E-state index contributed by atoms with van der Waals surface area (Å²) in [6.07, 6.45) is 12.9. The third kappa shape index (κ3) is 2.30. The van der Waals surface area contributed by atoms with Crippen LogP contribution in [0.25, 0.3) is 0 Å². The lowest BCUT2D eigenvalue weighted by molar-refractivity contribution is -0.0672. The molecule has 1 aliphatic heterocycles. The van der Waals surface area contributed by atoms with E-state index < -0.39 is 11.3 Å². The third-order valence-electron chi connectivity index (χ3n) is 5.81. The summed E-state index contributed by atoms with van der Waals surface area (Å²) in [6, 6.07) is 0.208. The summed E-state index contributed by atoms with van der Waals surface area (Å²) in [5, 5.41) is 0. The molecule has 1 unspecified atom stereocenters. The molecule has 0 spiro atoms. The van der Waals surface area contributed by atoms with Gasteiger partial charge in [-0.25, -0.2) is 13.8 Å². The normalized spacial score (nSPS) is 31.7. The molecule has 0 amide bonds. The molecule has 0 radical (unpaired) electrons. The van der Waals surface area contributed by atoms with E-state index in [0.29, 0.717) is 0 Å². The van der Waals surface area contributed by atoms with Crippen LogP contribution in [0.5, 0.6) is 0 Å². The Labute approximate surface area is 148 Å². The molecule has 132 valence electrons. The van der Waals surface area contributed by atoms with Crippen LogP contribution in [-0.4, -0.2) is 28.6 Å². The molecule has 1 fully saturated rings. The summed E-state index contributed by atoms with van der Waals surface area (Å²) in [5.41, 5.74) is 2.48. The van der Waals surface area contributed by atoms with Crippen molar-refractivity contribution in [1.29, 1.82) is 0 Å². The smallest absolute Gasteiger partial charge is 0.261 e. The molecular weight excluding hydrogens is 318 g/mol. The quantitative estimate of drug-likeness (QED) is 0.641. The number of rotatable bonds is 1. The number of hydrogen-bond acceptors (Lipinski definition) is 2. The first-order valence-electron chi connectivity index (χ1n) is 8.97. The fourth-order valence-corrected chi connectivity index (χ4v) is 4.20. The van der Waals surface area contributed by atoms with Gasteiger partial charge in [-0.15, -0.1) is 0 Å². The van der Waals surface area contributed by atoms with Gasteiger partial charge in [0.1, 0.15) is 5.82 Å². The molecule has 0 aromatic rings. The molecule has 4 heteroatoms. The fourth-order valence-electron chi connectivity index (χ4n) is 4.20. The van der Waals surface area contributed by atoms with Crippen molar-refractivity contribution in [2.24, 2.45) is 10.4 Å². The molecule has 4 aliphatic rings. The minimum atomic E-state index is -2.70. The van der Waals surface area contributed by atoms with E-state index in [4.69, 9.17) is 4.99 Å². The van der Waals surface area contributed by atoms with Crippen LogP contribution in [0.15, 0.2) is 64.0 Å². The summed E-state index contributed by atoms with van der Waals surface area (Å²) >= 11 is 0. The second kappa shape index (κ2) is 5.26. The van der Waals surface area contributed by atoms with Crippen molar-refractivity contribution in [3.8, 4) is 0 Å². The van der Waals surface area contributed by atoms with Gasteiger partial charge < -0.3 is 4.90 Å². The topological polar surface area (TPSA) is 15.6 Å². The van der Waals surface area contributed by atoms with E-state index in [9.17, 15) is 8.78 Å². The van der Waals surface area contributed by atoms with E-state index in [1.807, 2.05) is 24.3 Å². The molecule has 0 N–H and O–H groups in total. The highest BCUT2D eigenvalue weighted by molar-refractivity contribution is 6.06. The highest BCUT2D eigenvalue weighted by Gasteiger charge is 2.57. The zero-order chi connectivity index (χ0) is 18.0. The van der Waals surface area contributed by atoms with Crippen LogP contribution in [0.4, 0.5) is 8.78 Å². The molecule has 1 atom stereocenters. The van der Waals surface area contributed by atoms with Crippen molar-refractivity contribution in [3.05, 3.63) is 59.0 Å². The van der Waals surface area contributed by atoms with Crippen LogP contribution < -0.4 is 0 Å². The number of halogens is 2. The summed E-state index contributed by atoms with van der Waals surface area (Å²) in [7, 11) is 0. The van der Waals surface area contributed by atoms with Crippen molar-refractivity contribution in [1.82, 2.24) is 4.90 Å². The van der Waals surface area contributed by atoms with Gasteiger partial charge in [0.2, 0.25) is 0 Å². The minimum Gasteiger partial charge on any atom is -0.342 e. The molecule has 3 aliphatic carbocycles. The van der Waals surface area contributed by atoms with Gasteiger partial charge in [-0.1, -0.05) is 30.4 Å². The number of nitrogens with zero attached hydrogens (tertiary/aromatic N) is 2. The summed E-state index contributed by atoms with van der Waals surface area (Å²) < 4.78 is 28.9. The number of alkyl halides is 2. The van der Waals surface area contributed by atoms with Gasteiger partial charge in [0.05, 0.1) is 17.2 Å². The first-order chi connectivity index (χ1) is 11.7. The van der Waals surface area contributed by atoms with Gasteiger partial charge in [0, 0.05) is 12.5 Å². The second-order valence-electron chi connectivity index (χ2n) is 8.08. The fraction of sp³-hybridized carbons (Fsp3) is 0.476. The molecule has 4 rings (SSSR count). The SMILES string of the molecule is CC(C)N1C(=C2C=CC=CC2)N=C2C=C3C(=CC21)CC(F)(F)C3(C)C. The van der Waals surface area contributed by atoms with Crippen LogP contribution in [0.3, 0.4) is 0 Å². The average Bonchev–Trinajstić information content (AvgIpc) is 3.00. The Hall–Kier alpha value is -1.97. The van der Waals surface area contributed by atoms with E-state index in [-0.39, 0.29) is 18.5 Å². The predicted molar refractivity (Wildman–Crippen MR) is 97.6 cm³/mol. The highest BCUT2D eigenvalue weighted by Crippen LogP contribution is 2.57. The largest absolute Gasteiger partial charge is 0.342 e. The number of allylic oxidation sites excluding steroid dienone is 7. The molecule has 25 heavy (non-hydrogen) atoms. The first-order valence-corrected chi connectivity index (χ1v) is 8.97. The molecule has 0 bridgehead atoms. The molecule has 0 aromatic carbocycles. The molecule has 1 heterocycles. The summed E-state index contributed by atoms with van der Waals surface area (Å²) in [4.78, 5) is 7.14. The maximum atomic E-state index is 14.5. The van der Waals surface area contributed by atoms with E-state index in [1.165, 1.54) is 5.57 Å². The minimum absolute atomic E-state index is 0.0368. The lowest BCUT2D eigenvalue weighted by atomic mass is 9.80. The third-order valence-corrected chi connectivity index (χ3v) is 5.81. The van der Waals surface area contributed by atoms with Gasteiger partial charge in [0.15, 0.2) is 0 Å². The zero-order valence-electron chi connectivity index (χ0n) is 15.2. The summed E-state index contributed by atoms with van der Waals surface area (Å²) in [6.45, 7) is 7.55. The van der Waals surface area contributed by atoms with Gasteiger partial charge >= 0.3 is 0 Å². The Morgan fingerprint density at radius 1 is 1.24 bits per heavy atom. The van der Waals surface area contributed by atoms with Crippen LogP contribution in [0.2, 0.25) is 0 Å². The average molecular weight is 342 g/mol. The van der Waals surface area contributed by atoms with E-state index in [0.717, 1.165) is 29.1 Å². The lowest BCUT2D eigenvalue weighted by Crippen LogP contribution is -2.39. The van der Waals surface area contributed by atoms with Gasteiger partial charge in [-0.05, 0) is 56.9 Å². The van der Waals surface area contributed by atoms with Crippen molar-refractivity contribution < 1.29 is 8.78 Å².